The van der Waals surface area contributed by atoms with E-state index in [0.29, 0.717) is 18.0 Å². The second kappa shape index (κ2) is 7.86. The summed E-state index contributed by atoms with van der Waals surface area (Å²) >= 11 is 3.08. The number of ether oxygens (including phenoxy) is 1. The van der Waals surface area contributed by atoms with E-state index in [9.17, 15) is 8.42 Å². The molecule has 3 aromatic heterocycles. The molecule has 0 unspecified atom stereocenters. The van der Waals surface area contributed by atoms with Crippen LogP contribution in [-0.2, 0) is 16.4 Å². The molecule has 0 saturated heterocycles. The molecule has 0 amide bonds. The number of benzene rings is 1. The first kappa shape index (κ1) is 20.0. The number of hydrogen-bond acceptors (Lipinski definition) is 7. The number of aromatic nitrogens is 3. The molecule has 3 heterocycles. The molecular weight excluding hydrogens is 428 g/mol. The number of thiophene rings is 1. The van der Waals surface area contributed by atoms with Crippen molar-refractivity contribution in [2.24, 2.45) is 0 Å². The smallest absolute Gasteiger partial charge is 0.244 e. The molecule has 0 aliphatic carbocycles. The zero-order chi connectivity index (χ0) is 20.6. The van der Waals surface area contributed by atoms with Gasteiger partial charge in [-0.15, -0.1) is 27.8 Å². The molecule has 0 saturated carbocycles. The monoisotopic (exact) mass is 448 g/mol. The van der Waals surface area contributed by atoms with Gasteiger partial charge in [-0.2, -0.15) is 4.98 Å². The molecule has 29 heavy (non-hydrogen) atoms. The molecule has 7 nitrogen and oxygen atoms in total. The summed E-state index contributed by atoms with van der Waals surface area (Å²) in [5.41, 5.74) is 2.79. The summed E-state index contributed by atoms with van der Waals surface area (Å²) in [5, 5.41) is 8.51. The van der Waals surface area contributed by atoms with Crippen LogP contribution in [0.1, 0.15) is 16.8 Å². The van der Waals surface area contributed by atoms with E-state index in [1.54, 1.807) is 28.0 Å². The summed E-state index contributed by atoms with van der Waals surface area (Å²) in [6, 6.07) is 7.33. The molecule has 0 atom stereocenters. The molecule has 4 rings (SSSR count). The van der Waals surface area contributed by atoms with Gasteiger partial charge in [0.25, 0.3) is 0 Å². The fourth-order valence-electron chi connectivity index (χ4n) is 2.93. The van der Waals surface area contributed by atoms with Crippen LogP contribution in [0.5, 0.6) is 5.75 Å². The maximum Gasteiger partial charge on any atom is 0.244 e. The zero-order valence-corrected chi connectivity index (χ0v) is 18.6. The van der Waals surface area contributed by atoms with Gasteiger partial charge in [0.15, 0.2) is 5.82 Å². The fraction of sp³-hybridized carbons (Fsp3) is 0.263. The molecule has 4 aromatic rings. The number of nitrogens with zero attached hydrogens (tertiary/aromatic N) is 3. The van der Waals surface area contributed by atoms with Gasteiger partial charge in [-0.05, 0) is 48.6 Å². The topological polar surface area (TPSA) is 85.6 Å². The van der Waals surface area contributed by atoms with Crippen molar-refractivity contribution < 1.29 is 13.2 Å². The molecule has 0 aliphatic heterocycles. The minimum absolute atomic E-state index is 0.152. The Kier molecular flexibility index (Phi) is 5.43. The normalized spacial score (nSPS) is 12.0. The number of aryl methyl sites for hydroxylation is 2. The molecule has 0 spiro atoms. The lowest BCUT2D eigenvalue weighted by Gasteiger charge is -2.13. The van der Waals surface area contributed by atoms with Crippen LogP contribution in [0.15, 0.2) is 39.9 Å². The summed E-state index contributed by atoms with van der Waals surface area (Å²) in [7, 11) is -2.22. The van der Waals surface area contributed by atoms with Gasteiger partial charge in [-0.25, -0.2) is 17.7 Å². The van der Waals surface area contributed by atoms with Gasteiger partial charge in [-0.1, -0.05) is 6.07 Å². The summed E-state index contributed by atoms with van der Waals surface area (Å²) in [6.45, 7) is 4.05. The highest BCUT2D eigenvalue weighted by molar-refractivity contribution is 7.89. The van der Waals surface area contributed by atoms with Crippen LogP contribution in [0.25, 0.3) is 15.7 Å². The number of nitrogens with one attached hydrogen (secondary N) is 1. The minimum atomic E-state index is -3.69. The lowest BCUT2D eigenvalue weighted by molar-refractivity contribution is 0.402. The van der Waals surface area contributed by atoms with Crippen molar-refractivity contribution in [1.29, 1.82) is 0 Å². The van der Waals surface area contributed by atoms with Crippen LogP contribution in [0.2, 0.25) is 0 Å². The molecule has 0 bridgehead atoms. The van der Waals surface area contributed by atoms with E-state index in [0.717, 1.165) is 26.7 Å². The number of fused-ring (bicyclic) bond motifs is 1. The Morgan fingerprint density at radius 2 is 2.00 bits per heavy atom. The average molecular weight is 449 g/mol. The van der Waals surface area contributed by atoms with E-state index in [2.05, 4.69) is 14.8 Å². The Morgan fingerprint density at radius 3 is 2.72 bits per heavy atom. The van der Waals surface area contributed by atoms with Crippen molar-refractivity contribution in [2.45, 2.75) is 25.2 Å². The van der Waals surface area contributed by atoms with E-state index in [1.165, 1.54) is 18.4 Å². The quantitative estimate of drug-likeness (QED) is 0.466. The predicted molar refractivity (Wildman–Crippen MR) is 116 cm³/mol. The van der Waals surface area contributed by atoms with Crippen molar-refractivity contribution in [1.82, 2.24) is 19.3 Å². The zero-order valence-electron chi connectivity index (χ0n) is 16.2. The molecule has 10 heteroatoms. The first-order chi connectivity index (χ1) is 13.9. The minimum Gasteiger partial charge on any atom is -0.495 e. The molecule has 1 aromatic carbocycles. The Hall–Kier alpha value is -2.27. The molecule has 0 fully saturated rings. The van der Waals surface area contributed by atoms with Crippen molar-refractivity contribution in [2.75, 3.05) is 13.7 Å². The van der Waals surface area contributed by atoms with Gasteiger partial charge in [0.1, 0.15) is 10.6 Å². The van der Waals surface area contributed by atoms with Gasteiger partial charge < -0.3 is 4.74 Å². The van der Waals surface area contributed by atoms with Crippen LogP contribution in [0.4, 0.5) is 0 Å². The van der Waals surface area contributed by atoms with E-state index in [4.69, 9.17) is 4.74 Å². The number of thiazole rings is 1. The standard InChI is InChI=1S/C19H20N4O3S3/c1-12-9-15(26-3)17(10-13(12)2)29(24,25)20-7-6-14-11-28-19-21-18(22-23(14)19)16-5-4-8-27-16/h4-5,8-11,20H,6-7H2,1-3H3. The van der Waals surface area contributed by atoms with E-state index in [-0.39, 0.29) is 11.4 Å². The Labute approximate surface area is 177 Å². The van der Waals surface area contributed by atoms with Crippen molar-refractivity contribution in [3.05, 3.63) is 51.8 Å². The largest absolute Gasteiger partial charge is 0.495 e. The summed E-state index contributed by atoms with van der Waals surface area (Å²) in [6.07, 6.45) is 0.500. The first-order valence-electron chi connectivity index (χ1n) is 8.91. The Balaban J connectivity index is 1.51. The number of methoxy groups -OCH3 is 1. The van der Waals surface area contributed by atoms with Gasteiger partial charge in [0.05, 0.1) is 17.7 Å². The third kappa shape index (κ3) is 3.93. The van der Waals surface area contributed by atoms with Crippen LogP contribution in [0.3, 0.4) is 0 Å². The van der Waals surface area contributed by atoms with Crippen LogP contribution < -0.4 is 9.46 Å². The highest BCUT2D eigenvalue weighted by atomic mass is 32.2. The predicted octanol–water partition coefficient (Wildman–Crippen LogP) is 3.67. The van der Waals surface area contributed by atoms with E-state index in [1.807, 2.05) is 36.7 Å². The van der Waals surface area contributed by atoms with E-state index < -0.39 is 10.0 Å². The average Bonchev–Trinajstić information content (AvgIpc) is 3.41. The number of hydrogen-bond donors (Lipinski definition) is 1. The van der Waals surface area contributed by atoms with Crippen LogP contribution >= 0.6 is 22.7 Å². The van der Waals surface area contributed by atoms with E-state index >= 15 is 0 Å². The summed E-state index contributed by atoms with van der Waals surface area (Å²) in [5.74, 6) is 1.03. The second-order valence-corrected chi connectivity index (χ2v) is 10.1. The maximum absolute atomic E-state index is 12.8. The van der Waals surface area contributed by atoms with Gasteiger partial charge in [-0.3, -0.25) is 0 Å². The summed E-state index contributed by atoms with van der Waals surface area (Å²) < 4.78 is 35.3. The summed E-state index contributed by atoms with van der Waals surface area (Å²) in [4.78, 5) is 6.50. The SMILES string of the molecule is COc1cc(C)c(C)cc1S(=O)(=O)NCCc1csc2nc(-c3cccs3)nn12. The third-order valence-corrected chi connectivity index (χ3v) is 7.85. The van der Waals surface area contributed by atoms with Crippen molar-refractivity contribution in [3.63, 3.8) is 0 Å². The maximum atomic E-state index is 12.8. The molecule has 0 radical (unpaired) electrons. The fourth-order valence-corrected chi connectivity index (χ4v) is 5.71. The molecular formula is C19H20N4O3S3. The third-order valence-electron chi connectivity index (χ3n) is 4.63. The van der Waals surface area contributed by atoms with Gasteiger partial charge in [0.2, 0.25) is 15.0 Å². The molecule has 152 valence electrons. The second-order valence-electron chi connectivity index (χ2n) is 6.57. The van der Waals surface area contributed by atoms with Gasteiger partial charge >= 0.3 is 0 Å². The van der Waals surface area contributed by atoms with Crippen LogP contribution in [0, 0.1) is 13.8 Å². The van der Waals surface area contributed by atoms with Gasteiger partial charge in [0, 0.05) is 18.3 Å². The Morgan fingerprint density at radius 1 is 1.21 bits per heavy atom. The van der Waals surface area contributed by atoms with Crippen molar-refractivity contribution in [3.8, 4) is 16.5 Å². The van der Waals surface area contributed by atoms with Crippen LogP contribution in [-0.4, -0.2) is 36.7 Å². The highest BCUT2D eigenvalue weighted by Gasteiger charge is 2.21. The highest BCUT2D eigenvalue weighted by Crippen LogP contribution is 2.27. The van der Waals surface area contributed by atoms with Crippen molar-refractivity contribution >= 4 is 37.7 Å². The molecule has 0 aliphatic rings. The molecule has 1 N–H and O–H groups in total. The first-order valence-corrected chi connectivity index (χ1v) is 12.1. The Bertz CT molecular complexity index is 1260. The lowest BCUT2D eigenvalue weighted by atomic mass is 10.1. The number of sulfonamides is 1. The lowest BCUT2D eigenvalue weighted by Crippen LogP contribution is -2.27. The number of rotatable bonds is 7.